The van der Waals surface area contributed by atoms with Crippen molar-refractivity contribution in [3.63, 3.8) is 0 Å². The smallest absolute Gasteiger partial charge is 0.234 e. The lowest BCUT2D eigenvalue weighted by Gasteiger charge is -2.30. The Labute approximate surface area is 142 Å². The van der Waals surface area contributed by atoms with Gasteiger partial charge in [-0.05, 0) is 30.5 Å². The van der Waals surface area contributed by atoms with E-state index in [1.807, 2.05) is 12.1 Å². The van der Waals surface area contributed by atoms with Gasteiger partial charge in [0.05, 0.1) is 13.2 Å². The molecule has 1 fully saturated rings. The van der Waals surface area contributed by atoms with E-state index >= 15 is 0 Å². The van der Waals surface area contributed by atoms with E-state index in [1.165, 1.54) is 5.57 Å². The summed E-state index contributed by atoms with van der Waals surface area (Å²) in [6, 6.07) is 6.35. The van der Waals surface area contributed by atoms with Crippen LogP contribution in [0, 0.1) is 5.92 Å². The van der Waals surface area contributed by atoms with Crippen LogP contribution in [-0.4, -0.2) is 24.8 Å². The summed E-state index contributed by atoms with van der Waals surface area (Å²) in [6.07, 6.45) is 4.56. The van der Waals surface area contributed by atoms with Crippen LogP contribution in [0.15, 0.2) is 41.3 Å². The van der Waals surface area contributed by atoms with Crippen molar-refractivity contribution in [3.8, 4) is 5.75 Å². The van der Waals surface area contributed by atoms with Gasteiger partial charge in [0.2, 0.25) is 5.91 Å². The molecular weight excluding hydrogens is 308 g/mol. The quantitative estimate of drug-likeness (QED) is 0.619. The fourth-order valence-electron chi connectivity index (χ4n) is 2.72. The fourth-order valence-corrected chi connectivity index (χ4v) is 3.47. The van der Waals surface area contributed by atoms with Gasteiger partial charge in [0.15, 0.2) is 0 Å². The number of thioether (sulfide) groups is 1. The molecule has 1 heterocycles. The molecule has 2 N–H and O–H groups in total. The van der Waals surface area contributed by atoms with Crippen LogP contribution in [-0.2, 0) is 4.79 Å². The van der Waals surface area contributed by atoms with Crippen LogP contribution in [0.2, 0.25) is 0 Å². The first-order chi connectivity index (χ1) is 11.0. The van der Waals surface area contributed by atoms with Crippen molar-refractivity contribution < 1.29 is 9.53 Å². The van der Waals surface area contributed by atoms with E-state index in [2.05, 4.69) is 49.5 Å². The first-order valence-corrected chi connectivity index (χ1v) is 8.68. The molecule has 2 atom stereocenters. The summed E-state index contributed by atoms with van der Waals surface area (Å²) < 4.78 is 5.49. The minimum absolute atomic E-state index is 0.0480. The van der Waals surface area contributed by atoms with Gasteiger partial charge in [0.25, 0.3) is 0 Å². The zero-order chi connectivity index (χ0) is 16.8. The summed E-state index contributed by atoms with van der Waals surface area (Å²) in [4.78, 5) is 12.5. The molecule has 0 bridgehead atoms. The molecule has 4 nitrogen and oxygen atoms in total. The van der Waals surface area contributed by atoms with E-state index in [0.717, 1.165) is 22.0 Å². The molecule has 0 saturated carbocycles. The normalized spacial score (nSPS) is 21.7. The van der Waals surface area contributed by atoms with E-state index in [1.54, 1.807) is 18.9 Å². The maximum atomic E-state index is 11.4. The molecule has 1 aliphatic rings. The Hall–Kier alpha value is -1.72. The molecule has 0 radical (unpaired) electrons. The molecule has 1 aromatic carbocycles. The molecule has 1 aliphatic heterocycles. The van der Waals surface area contributed by atoms with Gasteiger partial charge in [-0.15, -0.1) is 18.3 Å². The number of nitrogens with one attached hydrogen (secondary N) is 2. The summed E-state index contributed by atoms with van der Waals surface area (Å²) in [5.74, 6) is 2.04. The van der Waals surface area contributed by atoms with Gasteiger partial charge in [0, 0.05) is 17.1 Å². The molecule has 124 valence electrons. The molecular formula is C18H24N2O2S. The lowest BCUT2D eigenvalue weighted by atomic mass is 9.90. The van der Waals surface area contributed by atoms with Gasteiger partial charge in [-0.25, -0.2) is 5.43 Å². The van der Waals surface area contributed by atoms with E-state index in [9.17, 15) is 4.79 Å². The minimum atomic E-state index is 0.0480. The molecule has 5 heteroatoms. The van der Waals surface area contributed by atoms with Crippen molar-refractivity contribution in [3.05, 3.63) is 42.0 Å². The third kappa shape index (κ3) is 4.62. The molecule has 2 unspecified atom stereocenters. The van der Waals surface area contributed by atoms with Gasteiger partial charge in [0.1, 0.15) is 5.75 Å². The molecule has 2 rings (SSSR count). The van der Waals surface area contributed by atoms with Crippen LogP contribution in [0.5, 0.6) is 5.75 Å². The Bertz CT molecular complexity index is 613. The van der Waals surface area contributed by atoms with Gasteiger partial charge < -0.3 is 4.74 Å². The summed E-state index contributed by atoms with van der Waals surface area (Å²) in [5, 5.41) is 0. The van der Waals surface area contributed by atoms with Crippen molar-refractivity contribution in [2.45, 2.75) is 31.2 Å². The number of hydrogen-bond acceptors (Lipinski definition) is 4. The number of hydrazine groups is 1. The summed E-state index contributed by atoms with van der Waals surface area (Å²) in [7, 11) is 1.69. The number of methoxy groups -OCH3 is 1. The highest BCUT2D eigenvalue weighted by Gasteiger charge is 2.26. The number of hydrogen-bond donors (Lipinski definition) is 2. The Kier molecular flexibility index (Phi) is 6.30. The Balaban J connectivity index is 2.17. The topological polar surface area (TPSA) is 50.4 Å². The van der Waals surface area contributed by atoms with Gasteiger partial charge in [-0.2, -0.15) is 0 Å². The predicted molar refractivity (Wildman–Crippen MR) is 96.4 cm³/mol. The third-order valence-electron chi connectivity index (χ3n) is 3.87. The predicted octanol–water partition coefficient (Wildman–Crippen LogP) is 3.41. The number of rotatable bonds is 6. The van der Waals surface area contributed by atoms with Gasteiger partial charge >= 0.3 is 0 Å². The largest absolute Gasteiger partial charge is 0.496 e. The first-order valence-electron chi connectivity index (χ1n) is 7.69. The van der Waals surface area contributed by atoms with Crippen molar-refractivity contribution in [2.75, 3.05) is 12.9 Å². The van der Waals surface area contributed by atoms with E-state index in [-0.39, 0.29) is 17.9 Å². The number of benzene rings is 1. The SMILES string of the molecule is C=CCSc1ccc(/C=C(\C)C2NNC(=O)CC2C)cc1OC. The first kappa shape index (κ1) is 17.6. The zero-order valence-corrected chi connectivity index (χ0v) is 14.7. The number of carbonyl (C=O) groups is 1. The molecule has 0 aromatic heterocycles. The summed E-state index contributed by atoms with van der Waals surface area (Å²) >= 11 is 1.70. The van der Waals surface area contributed by atoms with Crippen molar-refractivity contribution >= 4 is 23.7 Å². The highest BCUT2D eigenvalue weighted by atomic mass is 32.2. The maximum Gasteiger partial charge on any atom is 0.234 e. The van der Waals surface area contributed by atoms with E-state index in [4.69, 9.17) is 4.74 Å². The van der Waals surface area contributed by atoms with Crippen molar-refractivity contribution in [2.24, 2.45) is 5.92 Å². The van der Waals surface area contributed by atoms with Gasteiger partial charge in [-0.1, -0.05) is 30.7 Å². The fraction of sp³-hybridized carbons (Fsp3) is 0.389. The van der Waals surface area contributed by atoms with Crippen LogP contribution < -0.4 is 15.6 Å². The monoisotopic (exact) mass is 332 g/mol. The van der Waals surface area contributed by atoms with Crippen LogP contribution in [0.3, 0.4) is 0 Å². The summed E-state index contributed by atoms with van der Waals surface area (Å²) in [5.41, 5.74) is 8.09. The third-order valence-corrected chi connectivity index (χ3v) is 4.92. The average molecular weight is 332 g/mol. The minimum Gasteiger partial charge on any atom is -0.496 e. The molecule has 0 spiro atoms. The zero-order valence-electron chi connectivity index (χ0n) is 13.9. The Morgan fingerprint density at radius 2 is 2.30 bits per heavy atom. The van der Waals surface area contributed by atoms with Crippen LogP contribution in [0.4, 0.5) is 0 Å². The number of ether oxygens (including phenoxy) is 1. The molecule has 0 aliphatic carbocycles. The summed E-state index contributed by atoms with van der Waals surface area (Å²) in [6.45, 7) is 7.91. The lowest BCUT2D eigenvalue weighted by molar-refractivity contribution is -0.125. The standard InChI is InChI=1S/C18H24N2O2S/c1-5-8-23-16-7-6-14(11-15(16)22-4)9-12(2)18-13(3)10-17(21)19-20-18/h5-7,9,11,13,18,20H,1,8,10H2,2-4H3,(H,19,21)/b12-9+. The molecule has 23 heavy (non-hydrogen) atoms. The molecule has 1 amide bonds. The number of amides is 1. The Morgan fingerprint density at radius 1 is 1.52 bits per heavy atom. The van der Waals surface area contributed by atoms with Crippen LogP contribution in [0.1, 0.15) is 25.8 Å². The lowest BCUT2D eigenvalue weighted by Crippen LogP contribution is -2.53. The molecule has 1 aromatic rings. The second kappa shape index (κ2) is 8.22. The average Bonchev–Trinajstić information content (AvgIpc) is 2.53. The highest BCUT2D eigenvalue weighted by molar-refractivity contribution is 7.99. The second-order valence-corrected chi connectivity index (χ2v) is 6.81. The van der Waals surface area contributed by atoms with E-state index in [0.29, 0.717) is 6.42 Å². The molecule has 1 saturated heterocycles. The van der Waals surface area contributed by atoms with Crippen LogP contribution in [0.25, 0.3) is 6.08 Å². The second-order valence-electron chi connectivity index (χ2n) is 5.75. The Morgan fingerprint density at radius 3 is 2.96 bits per heavy atom. The van der Waals surface area contributed by atoms with Crippen LogP contribution >= 0.6 is 11.8 Å². The number of carbonyl (C=O) groups excluding carboxylic acids is 1. The maximum absolute atomic E-state index is 11.4. The van der Waals surface area contributed by atoms with Crippen molar-refractivity contribution in [1.82, 2.24) is 10.9 Å². The van der Waals surface area contributed by atoms with Gasteiger partial charge in [-0.3, -0.25) is 10.2 Å². The van der Waals surface area contributed by atoms with Crippen molar-refractivity contribution in [1.29, 1.82) is 0 Å². The van der Waals surface area contributed by atoms with E-state index < -0.39 is 0 Å². The highest BCUT2D eigenvalue weighted by Crippen LogP contribution is 2.31.